The predicted molar refractivity (Wildman–Crippen MR) is 127 cm³/mol. The minimum atomic E-state index is -1.94. The average molecular weight is 428 g/mol. The van der Waals surface area contributed by atoms with Crippen LogP contribution < -0.4 is 0 Å². The van der Waals surface area contributed by atoms with Gasteiger partial charge in [0, 0.05) is 17.0 Å². The molecule has 1 aromatic carbocycles. The maximum absolute atomic E-state index is 13.7. The van der Waals surface area contributed by atoms with Crippen molar-refractivity contribution in [3.63, 3.8) is 0 Å². The van der Waals surface area contributed by atoms with E-state index in [1.807, 2.05) is 12.1 Å². The first-order chi connectivity index (χ1) is 14.0. The standard InChI is InChI=1S/C26H38FNOSi/c1-9-20-23(18-13-15-19(27)16-14-18)24-21(28-25(20)17(2)3)11-10-12-22(24)29-30(7,8)26(4,5)6/h13-17,22H,9-12H2,1-8H3. The number of halogens is 1. The van der Waals surface area contributed by atoms with E-state index in [1.54, 1.807) is 12.1 Å². The van der Waals surface area contributed by atoms with Crippen molar-refractivity contribution < 1.29 is 8.82 Å². The van der Waals surface area contributed by atoms with Gasteiger partial charge in [-0.05, 0) is 78.6 Å². The quantitative estimate of drug-likeness (QED) is 0.451. The van der Waals surface area contributed by atoms with Crippen molar-refractivity contribution in [3.8, 4) is 11.1 Å². The van der Waals surface area contributed by atoms with Crippen LogP contribution in [0.4, 0.5) is 4.39 Å². The van der Waals surface area contributed by atoms with Gasteiger partial charge in [-0.25, -0.2) is 4.39 Å². The molecule has 0 amide bonds. The van der Waals surface area contributed by atoms with Crippen LogP contribution in [0.25, 0.3) is 11.1 Å². The van der Waals surface area contributed by atoms with Crippen molar-refractivity contribution in [2.45, 2.75) is 97.4 Å². The molecule has 0 fully saturated rings. The van der Waals surface area contributed by atoms with Crippen LogP contribution >= 0.6 is 0 Å². The molecule has 1 atom stereocenters. The number of fused-ring (bicyclic) bond motifs is 1. The topological polar surface area (TPSA) is 22.1 Å². The van der Waals surface area contributed by atoms with Crippen molar-refractivity contribution in [3.05, 3.63) is 52.6 Å². The largest absolute Gasteiger partial charge is 0.410 e. The molecule has 1 unspecified atom stereocenters. The number of hydrogen-bond donors (Lipinski definition) is 0. The summed E-state index contributed by atoms with van der Waals surface area (Å²) < 4.78 is 20.7. The molecule has 0 saturated carbocycles. The molecule has 1 aliphatic carbocycles. The molecule has 0 N–H and O–H groups in total. The number of nitrogens with zero attached hydrogens (tertiary/aromatic N) is 1. The molecule has 2 nitrogen and oxygen atoms in total. The molecule has 1 heterocycles. The number of aryl methyl sites for hydroxylation is 1. The van der Waals surface area contributed by atoms with Gasteiger partial charge >= 0.3 is 0 Å². The highest BCUT2D eigenvalue weighted by Gasteiger charge is 2.41. The van der Waals surface area contributed by atoms with Gasteiger partial charge in [-0.1, -0.05) is 53.7 Å². The lowest BCUT2D eigenvalue weighted by Crippen LogP contribution is -2.42. The Morgan fingerprint density at radius 3 is 2.33 bits per heavy atom. The van der Waals surface area contributed by atoms with Crippen molar-refractivity contribution in [2.24, 2.45) is 0 Å². The minimum absolute atomic E-state index is 0.0636. The Kier molecular flexibility index (Phi) is 6.59. The van der Waals surface area contributed by atoms with Crippen molar-refractivity contribution in [1.82, 2.24) is 4.98 Å². The summed E-state index contributed by atoms with van der Waals surface area (Å²) >= 11 is 0. The third kappa shape index (κ3) is 4.40. The lowest BCUT2D eigenvalue weighted by molar-refractivity contribution is 0.162. The zero-order chi connectivity index (χ0) is 22.3. The smallest absolute Gasteiger partial charge is 0.192 e. The first-order valence-corrected chi connectivity index (χ1v) is 14.4. The normalized spacial score (nSPS) is 17.3. The van der Waals surface area contributed by atoms with Crippen molar-refractivity contribution >= 4 is 8.32 Å². The summed E-state index contributed by atoms with van der Waals surface area (Å²) in [5.74, 6) is 0.156. The van der Waals surface area contributed by atoms with Crippen LogP contribution in [0.5, 0.6) is 0 Å². The van der Waals surface area contributed by atoms with Gasteiger partial charge in [0.2, 0.25) is 0 Å². The second kappa shape index (κ2) is 8.55. The molecule has 30 heavy (non-hydrogen) atoms. The molecule has 0 bridgehead atoms. The Balaban J connectivity index is 2.26. The monoisotopic (exact) mass is 427 g/mol. The Hall–Kier alpha value is -1.52. The Morgan fingerprint density at radius 1 is 1.17 bits per heavy atom. The molecular formula is C26H38FNOSi. The SMILES string of the molecule is CCc1c(C(C)C)nc2c(c1-c1ccc(F)cc1)C(O[Si](C)(C)C(C)(C)C)CCC2. The number of aromatic nitrogens is 1. The molecule has 164 valence electrons. The molecule has 1 aliphatic rings. The number of benzene rings is 1. The van der Waals surface area contributed by atoms with Crippen LogP contribution in [0.1, 0.15) is 88.9 Å². The Bertz CT molecular complexity index is 897. The van der Waals surface area contributed by atoms with Crippen LogP contribution in [0.15, 0.2) is 24.3 Å². The van der Waals surface area contributed by atoms with E-state index < -0.39 is 8.32 Å². The first kappa shape index (κ1) is 23.1. The van der Waals surface area contributed by atoms with Gasteiger partial charge in [-0.15, -0.1) is 0 Å². The van der Waals surface area contributed by atoms with Crippen LogP contribution in [0, 0.1) is 5.82 Å². The summed E-state index contributed by atoms with van der Waals surface area (Å²) in [4.78, 5) is 5.19. The molecular weight excluding hydrogens is 389 g/mol. The highest BCUT2D eigenvalue weighted by Crippen LogP contribution is 2.47. The molecule has 2 aromatic rings. The molecule has 3 rings (SSSR count). The summed E-state index contributed by atoms with van der Waals surface area (Å²) in [7, 11) is -1.94. The fourth-order valence-corrected chi connectivity index (χ4v) is 5.58. The fourth-order valence-electron chi connectivity index (χ4n) is 4.28. The van der Waals surface area contributed by atoms with E-state index in [0.717, 1.165) is 31.2 Å². The van der Waals surface area contributed by atoms with E-state index in [0.29, 0.717) is 5.92 Å². The van der Waals surface area contributed by atoms with E-state index in [2.05, 4.69) is 54.6 Å². The summed E-state index contributed by atoms with van der Waals surface area (Å²) in [6.07, 6.45) is 4.09. The van der Waals surface area contributed by atoms with Crippen LogP contribution in [-0.4, -0.2) is 13.3 Å². The third-order valence-corrected chi connectivity index (χ3v) is 11.4. The lowest BCUT2D eigenvalue weighted by Gasteiger charge is -2.41. The van der Waals surface area contributed by atoms with Crippen molar-refractivity contribution in [1.29, 1.82) is 0 Å². The second-order valence-corrected chi connectivity index (χ2v) is 15.2. The lowest BCUT2D eigenvalue weighted by atomic mass is 9.82. The zero-order valence-corrected chi connectivity index (χ0v) is 21.0. The van der Waals surface area contributed by atoms with Gasteiger partial charge in [-0.2, -0.15) is 0 Å². The van der Waals surface area contributed by atoms with Crippen LogP contribution in [0.3, 0.4) is 0 Å². The van der Waals surface area contributed by atoms with Crippen LogP contribution in [-0.2, 0) is 17.3 Å². The first-order valence-electron chi connectivity index (χ1n) is 11.5. The van der Waals surface area contributed by atoms with Gasteiger partial charge in [0.15, 0.2) is 8.32 Å². The highest BCUT2D eigenvalue weighted by molar-refractivity contribution is 6.74. The summed E-state index contributed by atoms with van der Waals surface area (Å²) in [5, 5.41) is 0.152. The number of rotatable bonds is 5. The van der Waals surface area contributed by atoms with Crippen LogP contribution in [0.2, 0.25) is 18.1 Å². The molecule has 0 radical (unpaired) electrons. The second-order valence-electron chi connectivity index (χ2n) is 10.5. The zero-order valence-electron chi connectivity index (χ0n) is 20.0. The maximum atomic E-state index is 13.7. The van der Waals surface area contributed by atoms with E-state index in [4.69, 9.17) is 9.41 Å². The number of hydrogen-bond acceptors (Lipinski definition) is 2. The molecule has 1 aromatic heterocycles. The maximum Gasteiger partial charge on any atom is 0.192 e. The Morgan fingerprint density at radius 2 is 1.80 bits per heavy atom. The van der Waals surface area contributed by atoms with Gasteiger partial charge in [-0.3, -0.25) is 4.98 Å². The fraction of sp³-hybridized carbons (Fsp3) is 0.577. The van der Waals surface area contributed by atoms with E-state index >= 15 is 0 Å². The summed E-state index contributed by atoms with van der Waals surface area (Å²) in [5.41, 5.74) is 7.25. The van der Waals surface area contributed by atoms with E-state index in [9.17, 15) is 4.39 Å². The highest BCUT2D eigenvalue weighted by atomic mass is 28.4. The third-order valence-electron chi connectivity index (χ3n) is 6.92. The van der Waals surface area contributed by atoms with Gasteiger partial charge < -0.3 is 4.43 Å². The molecule has 0 spiro atoms. The van der Waals surface area contributed by atoms with Gasteiger partial charge in [0.05, 0.1) is 6.10 Å². The molecule has 4 heteroatoms. The van der Waals surface area contributed by atoms with E-state index in [-0.39, 0.29) is 17.0 Å². The summed E-state index contributed by atoms with van der Waals surface area (Å²) in [6, 6.07) is 6.99. The van der Waals surface area contributed by atoms with Gasteiger partial charge in [0.1, 0.15) is 5.82 Å². The summed E-state index contributed by atoms with van der Waals surface area (Å²) in [6.45, 7) is 18.2. The van der Waals surface area contributed by atoms with Crippen molar-refractivity contribution in [2.75, 3.05) is 0 Å². The van der Waals surface area contributed by atoms with Gasteiger partial charge in [0.25, 0.3) is 0 Å². The number of pyridine rings is 1. The van der Waals surface area contributed by atoms with E-state index in [1.165, 1.54) is 28.1 Å². The predicted octanol–water partition coefficient (Wildman–Crippen LogP) is 7.97. The minimum Gasteiger partial charge on any atom is -0.410 e. The molecule has 0 saturated heterocycles. The Labute approximate surface area is 183 Å². The average Bonchev–Trinajstić information content (AvgIpc) is 2.66. The molecule has 0 aliphatic heterocycles.